The van der Waals surface area contributed by atoms with Gasteiger partial charge in [0.15, 0.2) is 0 Å². The first kappa shape index (κ1) is 56.1. The quantitative estimate of drug-likeness (QED) is 0.141. The van der Waals surface area contributed by atoms with Crippen molar-refractivity contribution in [1.29, 1.82) is 0 Å². The normalized spacial score (nSPS) is 13.8. The molecule has 8 nitrogen and oxygen atoms in total. The lowest BCUT2D eigenvalue weighted by molar-refractivity contribution is 1.17. The molecule has 0 fully saturated rings. The summed E-state index contributed by atoms with van der Waals surface area (Å²) >= 11 is 0. The molecule has 0 aliphatic carbocycles. The Morgan fingerprint density at radius 2 is 0.413 bits per heavy atom. The summed E-state index contributed by atoms with van der Waals surface area (Å²) in [4.78, 5) is 15.8. The fraction of sp³-hybridized carbons (Fsp3) is 0. The van der Waals surface area contributed by atoms with Crippen molar-refractivity contribution in [2.24, 2.45) is 0 Å². The van der Waals surface area contributed by atoms with Gasteiger partial charge in [-0.3, -0.25) is 0 Å². The van der Waals surface area contributed by atoms with Crippen LogP contribution < -0.4 is 62.2 Å². The van der Waals surface area contributed by atoms with Gasteiger partial charge < -0.3 is 38.5 Å². The summed E-state index contributed by atoms with van der Waals surface area (Å²) in [6, 6.07) is 132. The molecule has 18 aromatic rings. The van der Waals surface area contributed by atoms with E-state index in [0.717, 1.165) is 112 Å². The molecule has 0 bridgehead atoms. The molecule has 0 unspecified atom stereocenters. The second-order valence-electron chi connectivity index (χ2n) is 28.2. The highest BCUT2D eigenvalue weighted by Crippen LogP contribution is 2.60. The number of hydrogen-bond acceptors (Lipinski definition) is 6. The molecule has 6 aliphatic heterocycles. The summed E-state index contributed by atoms with van der Waals surface area (Å²) in [5.41, 5.74) is 35.0. The fourth-order valence-corrected chi connectivity index (χ4v) is 19.4. The predicted molar refractivity (Wildman–Crippen MR) is 437 cm³/mol. The van der Waals surface area contributed by atoms with Crippen molar-refractivity contribution in [2.75, 3.05) is 29.4 Å². The average molecular weight is 1320 g/mol. The summed E-state index contributed by atoms with van der Waals surface area (Å²) in [5.74, 6) is 0. The van der Waals surface area contributed by atoms with Gasteiger partial charge in [-0.15, -0.1) is 0 Å². The van der Waals surface area contributed by atoms with Gasteiger partial charge in [0.1, 0.15) is 0 Å². The monoisotopic (exact) mass is 1320 g/mol. The third kappa shape index (κ3) is 7.27. The van der Waals surface area contributed by atoms with Gasteiger partial charge in [-0.25, -0.2) is 0 Å². The van der Waals surface area contributed by atoms with E-state index in [1.165, 1.54) is 88.4 Å². The zero-order valence-electron chi connectivity index (χ0n) is 56.2. The molecule has 0 spiro atoms. The van der Waals surface area contributed by atoms with Crippen LogP contribution in [0.5, 0.6) is 0 Å². The van der Waals surface area contributed by atoms with Crippen molar-refractivity contribution in [1.82, 2.24) is 9.13 Å². The molecule has 16 aromatic carbocycles. The largest absolute Gasteiger partial charge is 0.311 e. The lowest BCUT2D eigenvalue weighted by Crippen LogP contribution is -2.65. The standard InChI is InChI=1S/C94H58B2N8/c1-9-31-59(32-10-1)97-71-49-27-25-47-67(71)83-77(97)57-81-89-93(83)103(65-43-21-7-22-44-65)75-53-29-51-73-85(75)95(89)87-79(99(81)61-35-13-3-14-36-61)55-69-70(91(87)101(73)63-39-17-5-18-40-63)56-80-88-92(69)102(64-41-19-6-20-42-64)74-52-30-54-76-86(74)96(88)90-82(100(80)62-37-15-4-16-38-62)58-78-84(94(90)104(76)66-45-23-8-24-46-66)68-48-26-28-50-72(68)98(78)60-33-11-2-12-34-60/h1-58H. The van der Waals surface area contributed by atoms with Crippen molar-refractivity contribution in [3.63, 3.8) is 0 Å². The van der Waals surface area contributed by atoms with E-state index in [1.54, 1.807) is 0 Å². The molecule has 6 aliphatic rings. The smallest absolute Gasteiger partial charge is 0.257 e. The minimum absolute atomic E-state index is 0.228. The number of nitrogens with zero attached hydrogens (tertiary/aromatic N) is 8. The summed E-state index contributed by atoms with van der Waals surface area (Å²) in [6.45, 7) is -0.456. The molecule has 10 heteroatoms. The minimum atomic E-state index is -0.228. The topological polar surface area (TPSA) is 29.3 Å². The van der Waals surface area contributed by atoms with Gasteiger partial charge in [-0.1, -0.05) is 194 Å². The number of aromatic nitrogens is 2. The second kappa shape index (κ2) is 21.0. The Labute approximate surface area is 601 Å². The van der Waals surface area contributed by atoms with Gasteiger partial charge in [-0.05, 0) is 191 Å². The van der Waals surface area contributed by atoms with E-state index in [1.807, 2.05) is 0 Å². The van der Waals surface area contributed by atoms with Crippen LogP contribution in [0.15, 0.2) is 352 Å². The summed E-state index contributed by atoms with van der Waals surface area (Å²) < 4.78 is 5.03. The van der Waals surface area contributed by atoms with Crippen LogP contribution in [-0.2, 0) is 0 Å². The first-order valence-electron chi connectivity index (χ1n) is 36.1. The molecule has 0 saturated carbocycles. The molecule has 8 heterocycles. The predicted octanol–water partition coefficient (Wildman–Crippen LogP) is 20.8. The van der Waals surface area contributed by atoms with Gasteiger partial charge in [0.05, 0.1) is 44.8 Å². The summed E-state index contributed by atoms with van der Waals surface area (Å²) in [7, 11) is 0. The van der Waals surface area contributed by atoms with Crippen LogP contribution in [0.2, 0.25) is 0 Å². The van der Waals surface area contributed by atoms with Crippen LogP contribution in [0.3, 0.4) is 0 Å². The van der Waals surface area contributed by atoms with Gasteiger partial charge in [0.25, 0.3) is 13.4 Å². The van der Waals surface area contributed by atoms with Gasteiger partial charge >= 0.3 is 0 Å². The van der Waals surface area contributed by atoms with Crippen molar-refractivity contribution in [3.05, 3.63) is 352 Å². The zero-order valence-corrected chi connectivity index (χ0v) is 56.2. The van der Waals surface area contributed by atoms with Crippen LogP contribution >= 0.6 is 0 Å². The Morgan fingerprint density at radius 1 is 0.163 bits per heavy atom. The third-order valence-corrected chi connectivity index (χ3v) is 23.1. The Hall–Kier alpha value is -13.7. The zero-order chi connectivity index (χ0) is 67.6. The summed E-state index contributed by atoms with van der Waals surface area (Å²) in [6.07, 6.45) is 0. The molecule has 0 atom stereocenters. The van der Waals surface area contributed by atoms with E-state index in [-0.39, 0.29) is 13.4 Å². The SMILES string of the molecule is c1ccc(N2c3cc4c5c6c(cc4c4c3B3c7c(cccc7N(c7ccccc7)c7c3c2cc2c7c3ccccc3n2-c2ccccc2)N4c2ccccc2)N(c2ccccc2)c2cc3c(c4c2B6c2c(cccc2N4c2ccccc2)N5c2ccccc2)c2ccccc2n3-c2ccccc2)cc1. The molecule has 0 amide bonds. The van der Waals surface area contributed by atoms with Crippen LogP contribution in [0.1, 0.15) is 0 Å². The molecule has 2 aromatic heterocycles. The third-order valence-electron chi connectivity index (χ3n) is 23.1. The highest BCUT2D eigenvalue weighted by atomic mass is 15.3. The van der Waals surface area contributed by atoms with Crippen LogP contribution in [0.25, 0.3) is 65.8 Å². The molecule has 480 valence electrons. The van der Waals surface area contributed by atoms with E-state index in [0.29, 0.717) is 0 Å². The summed E-state index contributed by atoms with van der Waals surface area (Å²) in [5, 5.41) is 7.18. The second-order valence-corrected chi connectivity index (χ2v) is 28.2. The van der Waals surface area contributed by atoms with Gasteiger partial charge in [0, 0.05) is 123 Å². The van der Waals surface area contributed by atoms with Gasteiger partial charge in [-0.2, -0.15) is 0 Å². The first-order chi connectivity index (χ1) is 51.7. The van der Waals surface area contributed by atoms with E-state index in [4.69, 9.17) is 0 Å². The molecule has 104 heavy (non-hydrogen) atoms. The first-order valence-corrected chi connectivity index (χ1v) is 36.1. The number of anilines is 18. The van der Waals surface area contributed by atoms with Crippen molar-refractivity contribution in [3.8, 4) is 11.4 Å². The number of hydrogen-bond donors (Lipinski definition) is 0. The number of rotatable bonds is 8. The number of fused-ring (bicyclic) bond motifs is 11. The van der Waals surface area contributed by atoms with E-state index in [9.17, 15) is 0 Å². The lowest BCUT2D eigenvalue weighted by atomic mass is 9.31. The molecular weight excluding hydrogens is 1260 g/mol. The fourth-order valence-electron chi connectivity index (χ4n) is 19.4. The van der Waals surface area contributed by atoms with Crippen LogP contribution in [0.4, 0.5) is 102 Å². The van der Waals surface area contributed by atoms with E-state index in [2.05, 4.69) is 390 Å². The molecule has 0 saturated heterocycles. The Kier molecular flexibility index (Phi) is 11.3. The highest BCUT2D eigenvalue weighted by Gasteiger charge is 2.55. The number of para-hydroxylation sites is 10. The van der Waals surface area contributed by atoms with Crippen LogP contribution in [-0.4, -0.2) is 22.6 Å². The Morgan fingerprint density at radius 3 is 0.731 bits per heavy atom. The Bertz CT molecular complexity index is 6290. The molecule has 0 N–H and O–H groups in total. The van der Waals surface area contributed by atoms with E-state index < -0.39 is 0 Å². The molecule has 0 radical (unpaired) electrons. The van der Waals surface area contributed by atoms with Crippen LogP contribution in [0, 0.1) is 0 Å². The lowest BCUT2D eigenvalue weighted by Gasteiger charge is -2.51. The average Bonchev–Trinajstić information content (AvgIpc) is 0.945. The van der Waals surface area contributed by atoms with Crippen molar-refractivity contribution >= 4 is 203 Å². The molecule has 24 rings (SSSR count). The highest BCUT2D eigenvalue weighted by molar-refractivity contribution is 7.04. The molecular formula is C94H58B2N8. The van der Waals surface area contributed by atoms with Crippen molar-refractivity contribution in [2.45, 2.75) is 0 Å². The van der Waals surface area contributed by atoms with E-state index >= 15 is 0 Å². The Balaban J connectivity index is 0.919. The maximum atomic E-state index is 2.65. The maximum Gasteiger partial charge on any atom is 0.257 e. The maximum absolute atomic E-state index is 2.65. The van der Waals surface area contributed by atoms with Gasteiger partial charge in [0.2, 0.25) is 0 Å². The minimum Gasteiger partial charge on any atom is -0.311 e. The van der Waals surface area contributed by atoms with Crippen molar-refractivity contribution < 1.29 is 0 Å². The number of benzene rings is 16.